The Balaban J connectivity index is 0.000000256. The van der Waals surface area contributed by atoms with Gasteiger partial charge in [-0.2, -0.15) is 0 Å². The fourth-order valence-electron chi connectivity index (χ4n) is 3.79. The summed E-state index contributed by atoms with van der Waals surface area (Å²) < 4.78 is 10.7. The van der Waals surface area contributed by atoms with Crippen LogP contribution in [0.5, 0.6) is 5.75 Å². The number of pyridine rings is 1. The lowest BCUT2D eigenvalue weighted by Crippen LogP contribution is -2.34. The molecule has 38 heavy (non-hydrogen) atoms. The Morgan fingerprint density at radius 3 is 2.68 bits per heavy atom. The van der Waals surface area contributed by atoms with E-state index in [1.165, 1.54) is 6.20 Å². The molecule has 4 rings (SSSR count). The van der Waals surface area contributed by atoms with Crippen LogP contribution in [-0.4, -0.2) is 87.3 Å². The molecule has 3 heterocycles. The molecule has 1 unspecified atom stereocenters. The quantitative estimate of drug-likeness (QED) is 0.348. The van der Waals surface area contributed by atoms with E-state index in [4.69, 9.17) is 9.15 Å². The van der Waals surface area contributed by atoms with Crippen molar-refractivity contribution in [1.29, 1.82) is 0 Å². The van der Waals surface area contributed by atoms with Gasteiger partial charge in [0.1, 0.15) is 23.1 Å². The Bertz CT molecular complexity index is 1320. The molecule has 3 aromatic rings. The number of hydrogen-bond acceptors (Lipinski definition) is 9. The smallest absolute Gasteiger partial charge is 0.254 e. The zero-order valence-corrected chi connectivity index (χ0v) is 22.0. The number of nitrogens with zero attached hydrogens (tertiary/aromatic N) is 3. The van der Waals surface area contributed by atoms with E-state index in [1.54, 1.807) is 44.3 Å². The Morgan fingerprint density at radius 1 is 1.26 bits per heavy atom. The normalized spacial score (nSPS) is 13.0. The van der Waals surface area contributed by atoms with E-state index < -0.39 is 11.9 Å². The molecule has 4 amide bonds. The van der Waals surface area contributed by atoms with Gasteiger partial charge in [0.15, 0.2) is 5.58 Å². The largest absolute Gasteiger partial charge is 0.497 e. The van der Waals surface area contributed by atoms with Gasteiger partial charge in [0.2, 0.25) is 6.41 Å². The maximum Gasteiger partial charge on any atom is 0.254 e. The summed E-state index contributed by atoms with van der Waals surface area (Å²) in [6.07, 6.45) is 1.76. The minimum absolute atomic E-state index is 0.0777. The third kappa shape index (κ3) is 6.72. The molecule has 12 heteroatoms. The van der Waals surface area contributed by atoms with E-state index in [-0.39, 0.29) is 11.8 Å². The van der Waals surface area contributed by atoms with Crippen molar-refractivity contribution in [1.82, 2.24) is 30.7 Å². The molecule has 12 nitrogen and oxygen atoms in total. The van der Waals surface area contributed by atoms with Crippen LogP contribution < -0.4 is 20.7 Å². The van der Waals surface area contributed by atoms with Gasteiger partial charge in [-0.05, 0) is 44.9 Å². The number of fused-ring (bicyclic) bond motifs is 2. The van der Waals surface area contributed by atoms with Gasteiger partial charge >= 0.3 is 0 Å². The number of amides is 4. The summed E-state index contributed by atoms with van der Waals surface area (Å²) in [6.45, 7) is 1.95. The second kappa shape index (κ2) is 12.8. The Hall–Kier alpha value is -4.29. The van der Waals surface area contributed by atoms with E-state index >= 15 is 0 Å². The van der Waals surface area contributed by atoms with Crippen molar-refractivity contribution in [2.24, 2.45) is 0 Å². The second-order valence-electron chi connectivity index (χ2n) is 8.85. The number of methoxy groups -OCH3 is 1. The summed E-state index contributed by atoms with van der Waals surface area (Å²) in [5, 5.41) is 7.63. The highest BCUT2D eigenvalue weighted by Crippen LogP contribution is 2.25. The average Bonchev–Trinajstić information content (AvgIpc) is 3.44. The summed E-state index contributed by atoms with van der Waals surface area (Å²) in [5.41, 5.74) is 3.11. The molecule has 0 saturated heterocycles. The fraction of sp³-hybridized carbons (Fsp3) is 0.346. The minimum atomic E-state index is -0.836. The lowest BCUT2D eigenvalue weighted by Gasteiger charge is -2.10. The molecule has 0 radical (unpaired) electrons. The Labute approximate surface area is 220 Å². The van der Waals surface area contributed by atoms with Gasteiger partial charge < -0.3 is 29.6 Å². The first-order chi connectivity index (χ1) is 18.2. The van der Waals surface area contributed by atoms with Crippen molar-refractivity contribution in [2.45, 2.75) is 12.6 Å². The average molecular weight is 525 g/mol. The maximum atomic E-state index is 12.1. The zero-order chi connectivity index (χ0) is 27.8. The second-order valence-corrected chi connectivity index (χ2v) is 8.85. The van der Waals surface area contributed by atoms with E-state index in [0.29, 0.717) is 41.9 Å². The minimum Gasteiger partial charge on any atom is -0.497 e. The van der Waals surface area contributed by atoms with E-state index in [1.807, 2.05) is 31.1 Å². The van der Waals surface area contributed by atoms with Gasteiger partial charge in [-0.3, -0.25) is 29.5 Å². The van der Waals surface area contributed by atoms with Crippen LogP contribution in [0.1, 0.15) is 38.1 Å². The Morgan fingerprint density at radius 2 is 2.03 bits per heavy atom. The molecular formula is C26H32N6O6. The molecule has 202 valence electrons. The number of aromatic nitrogens is 1. The van der Waals surface area contributed by atoms with Gasteiger partial charge in [-0.15, -0.1) is 0 Å². The monoisotopic (exact) mass is 524 g/mol. The van der Waals surface area contributed by atoms with Crippen LogP contribution >= 0.6 is 0 Å². The van der Waals surface area contributed by atoms with E-state index in [0.717, 1.165) is 23.4 Å². The number of likely N-dealkylation sites (N-methyl/N-ethyl adjacent to an activating group) is 2. The van der Waals surface area contributed by atoms with Crippen LogP contribution in [0.25, 0.3) is 11.1 Å². The predicted molar refractivity (Wildman–Crippen MR) is 140 cm³/mol. The van der Waals surface area contributed by atoms with Crippen molar-refractivity contribution in [3.05, 3.63) is 59.0 Å². The van der Waals surface area contributed by atoms with Crippen molar-refractivity contribution in [3.63, 3.8) is 0 Å². The lowest BCUT2D eigenvalue weighted by atomic mass is 10.1. The predicted octanol–water partition coefficient (Wildman–Crippen LogP) is 0.933. The summed E-state index contributed by atoms with van der Waals surface area (Å²) >= 11 is 0. The Kier molecular flexibility index (Phi) is 9.52. The van der Waals surface area contributed by atoms with Crippen molar-refractivity contribution < 1.29 is 28.3 Å². The number of ether oxygens (including phenoxy) is 1. The van der Waals surface area contributed by atoms with E-state index in [2.05, 4.69) is 20.9 Å². The first-order valence-corrected chi connectivity index (χ1v) is 11.8. The van der Waals surface area contributed by atoms with Crippen LogP contribution in [-0.2, 0) is 16.1 Å². The first kappa shape index (κ1) is 28.3. The summed E-state index contributed by atoms with van der Waals surface area (Å²) in [7, 11) is 8.81. The standard InChI is InChI=1S/C16H21N5O4.C10H11NO2/c1-17-14(16(24)20-9-22)13-7-11-12(25-13)6-10(8-19-11)15(23)18-4-5-21(2)3;1-11-6-7-3-4-8(13-2)5-9(7)10(11)12/h6-9,14,17H,4-5H2,1-3H3,(H,18,23)(H,20,22,24);3-5H,6H2,1-2H3. The van der Waals surface area contributed by atoms with E-state index in [9.17, 15) is 19.2 Å². The van der Waals surface area contributed by atoms with Crippen molar-refractivity contribution in [2.75, 3.05) is 48.4 Å². The first-order valence-electron chi connectivity index (χ1n) is 11.8. The molecule has 0 fully saturated rings. The van der Waals surface area contributed by atoms with Crippen LogP contribution in [0.3, 0.4) is 0 Å². The number of furan rings is 1. The van der Waals surface area contributed by atoms with Gasteiger partial charge in [0.05, 0.1) is 12.7 Å². The number of imide groups is 1. The third-order valence-electron chi connectivity index (χ3n) is 5.83. The molecular weight excluding hydrogens is 492 g/mol. The number of carbonyl (C=O) groups is 4. The molecule has 0 bridgehead atoms. The molecule has 0 spiro atoms. The number of nitrogens with one attached hydrogen (secondary N) is 3. The maximum absolute atomic E-state index is 12.1. The third-order valence-corrected chi connectivity index (χ3v) is 5.83. The van der Waals surface area contributed by atoms with Gasteiger partial charge in [0, 0.05) is 44.5 Å². The van der Waals surface area contributed by atoms with Gasteiger partial charge in [-0.1, -0.05) is 6.07 Å². The topological polar surface area (TPSA) is 146 Å². The van der Waals surface area contributed by atoms with Gasteiger partial charge in [-0.25, -0.2) is 0 Å². The van der Waals surface area contributed by atoms with Crippen LogP contribution in [0.4, 0.5) is 0 Å². The molecule has 2 aromatic heterocycles. The molecule has 0 saturated carbocycles. The molecule has 0 aliphatic carbocycles. The van der Waals surface area contributed by atoms with Crippen molar-refractivity contribution >= 4 is 35.2 Å². The van der Waals surface area contributed by atoms with Crippen LogP contribution in [0, 0.1) is 0 Å². The van der Waals surface area contributed by atoms with Crippen LogP contribution in [0.15, 0.2) is 40.9 Å². The zero-order valence-electron chi connectivity index (χ0n) is 22.0. The van der Waals surface area contributed by atoms with Crippen molar-refractivity contribution in [3.8, 4) is 5.75 Å². The molecule has 1 aliphatic heterocycles. The lowest BCUT2D eigenvalue weighted by molar-refractivity contribution is -0.127. The van der Waals surface area contributed by atoms with Crippen LogP contribution in [0.2, 0.25) is 0 Å². The number of rotatable bonds is 9. The highest BCUT2D eigenvalue weighted by atomic mass is 16.5. The SMILES string of the molecule is CNC(C(=O)NC=O)c1cc2ncc(C(=O)NCCN(C)C)cc2o1.COc1ccc2c(c1)C(=O)N(C)C2. The molecule has 1 aromatic carbocycles. The molecule has 1 atom stereocenters. The summed E-state index contributed by atoms with van der Waals surface area (Å²) in [5.74, 6) is 0.321. The highest BCUT2D eigenvalue weighted by molar-refractivity contribution is 5.98. The number of hydrogen-bond donors (Lipinski definition) is 3. The summed E-state index contributed by atoms with van der Waals surface area (Å²) in [4.78, 5) is 53.8. The molecule has 1 aliphatic rings. The number of carbonyl (C=O) groups excluding carboxylic acids is 4. The van der Waals surface area contributed by atoms with Gasteiger partial charge in [0.25, 0.3) is 17.7 Å². The fourth-order valence-corrected chi connectivity index (χ4v) is 3.79. The highest BCUT2D eigenvalue weighted by Gasteiger charge is 2.25. The molecule has 3 N–H and O–H groups in total. The number of benzene rings is 1. The summed E-state index contributed by atoms with van der Waals surface area (Å²) in [6, 6.07) is 7.94.